The van der Waals surface area contributed by atoms with Crippen molar-refractivity contribution >= 4 is 21.5 Å². The van der Waals surface area contributed by atoms with Crippen LogP contribution in [0.1, 0.15) is 11.1 Å². The summed E-state index contributed by atoms with van der Waals surface area (Å²) in [7, 11) is 0. The fourth-order valence-electron chi connectivity index (χ4n) is 3.36. The first-order valence-electron chi connectivity index (χ1n) is 7.72. The number of hydrogen-bond donors (Lipinski definition) is 0. The van der Waals surface area contributed by atoms with Gasteiger partial charge in [-0.25, -0.2) is 0 Å². The third-order valence-electron chi connectivity index (χ3n) is 4.52. The summed E-state index contributed by atoms with van der Waals surface area (Å²) in [5, 5.41) is 5.31. The molecule has 0 aliphatic heterocycles. The van der Waals surface area contributed by atoms with Gasteiger partial charge in [0.25, 0.3) is 0 Å². The molecule has 0 fully saturated rings. The van der Waals surface area contributed by atoms with Crippen LogP contribution in [-0.4, -0.2) is 0 Å². The smallest absolute Gasteiger partial charge is 0.0103 e. The molecule has 0 heterocycles. The van der Waals surface area contributed by atoms with Gasteiger partial charge < -0.3 is 0 Å². The van der Waals surface area contributed by atoms with Gasteiger partial charge in [0.15, 0.2) is 0 Å². The first-order valence-corrected chi connectivity index (χ1v) is 7.72. The predicted molar refractivity (Wildman–Crippen MR) is 96.4 cm³/mol. The lowest BCUT2D eigenvalue weighted by Gasteiger charge is -2.12. The molecular weight excluding hydrogens is 264 g/mol. The van der Waals surface area contributed by atoms with Crippen molar-refractivity contribution < 1.29 is 0 Å². The van der Waals surface area contributed by atoms with E-state index in [9.17, 15) is 0 Å². The van der Waals surface area contributed by atoms with Crippen molar-refractivity contribution in [1.29, 1.82) is 0 Å². The average Bonchev–Trinajstić information content (AvgIpc) is 2.55. The molecule has 0 aromatic heterocycles. The lowest BCUT2D eigenvalue weighted by atomic mass is 9.92. The van der Waals surface area contributed by atoms with Crippen molar-refractivity contribution in [3.8, 4) is 11.1 Å². The Balaban J connectivity index is 2.06. The molecule has 0 amide bonds. The summed E-state index contributed by atoms with van der Waals surface area (Å²) in [6.07, 6.45) is 0. The van der Waals surface area contributed by atoms with Gasteiger partial charge in [-0.05, 0) is 63.7 Å². The largest absolute Gasteiger partial charge is 0.0616 e. The van der Waals surface area contributed by atoms with Crippen molar-refractivity contribution in [2.45, 2.75) is 13.8 Å². The Morgan fingerprint density at radius 3 is 2.05 bits per heavy atom. The van der Waals surface area contributed by atoms with Crippen molar-refractivity contribution in [2.24, 2.45) is 0 Å². The summed E-state index contributed by atoms with van der Waals surface area (Å²) in [5.74, 6) is 0. The normalized spacial score (nSPS) is 11.2. The lowest BCUT2D eigenvalue weighted by molar-refractivity contribution is 1.50. The fraction of sp³-hybridized carbons (Fsp3) is 0.0909. The van der Waals surface area contributed by atoms with E-state index in [0.29, 0.717) is 0 Å². The van der Waals surface area contributed by atoms with E-state index in [0.717, 1.165) is 0 Å². The lowest BCUT2D eigenvalue weighted by Crippen LogP contribution is -1.87. The molecule has 0 unspecified atom stereocenters. The fourth-order valence-corrected chi connectivity index (χ4v) is 3.36. The third-order valence-corrected chi connectivity index (χ3v) is 4.52. The van der Waals surface area contributed by atoms with E-state index in [1.807, 2.05) is 0 Å². The van der Waals surface area contributed by atoms with Gasteiger partial charge in [0.2, 0.25) is 0 Å². The molecular formula is C22H18. The molecule has 0 nitrogen and oxygen atoms in total. The van der Waals surface area contributed by atoms with Crippen LogP contribution in [0.15, 0.2) is 72.8 Å². The quantitative estimate of drug-likeness (QED) is 0.385. The number of benzene rings is 4. The Morgan fingerprint density at radius 1 is 0.545 bits per heavy atom. The molecule has 0 saturated carbocycles. The van der Waals surface area contributed by atoms with Crippen LogP contribution in [0.25, 0.3) is 32.7 Å². The SMILES string of the molecule is Cc1cc(-c2ccc(C)c3ccccc23)cc2ccccc12. The molecule has 4 aromatic carbocycles. The van der Waals surface area contributed by atoms with Crippen molar-refractivity contribution in [3.63, 3.8) is 0 Å². The summed E-state index contributed by atoms with van der Waals surface area (Å²) in [6, 6.07) is 26.4. The highest BCUT2D eigenvalue weighted by Crippen LogP contribution is 2.33. The highest BCUT2D eigenvalue weighted by molar-refractivity contribution is 6.01. The number of aryl methyl sites for hydroxylation is 2. The van der Waals surface area contributed by atoms with Gasteiger partial charge >= 0.3 is 0 Å². The third kappa shape index (κ3) is 2.00. The second-order valence-corrected chi connectivity index (χ2v) is 5.99. The number of fused-ring (bicyclic) bond motifs is 2. The minimum absolute atomic E-state index is 1.30. The Labute approximate surface area is 131 Å². The first-order chi connectivity index (χ1) is 10.7. The summed E-state index contributed by atoms with van der Waals surface area (Å²) in [4.78, 5) is 0. The molecule has 4 aromatic rings. The second-order valence-electron chi connectivity index (χ2n) is 5.99. The monoisotopic (exact) mass is 282 g/mol. The molecule has 22 heavy (non-hydrogen) atoms. The maximum atomic E-state index is 2.30. The molecule has 106 valence electrons. The number of rotatable bonds is 1. The highest BCUT2D eigenvalue weighted by atomic mass is 14.1. The van der Waals surface area contributed by atoms with Crippen LogP contribution >= 0.6 is 0 Å². The molecule has 0 aliphatic carbocycles. The molecule has 0 radical (unpaired) electrons. The van der Waals surface area contributed by atoms with Crippen LogP contribution in [-0.2, 0) is 0 Å². The van der Waals surface area contributed by atoms with Gasteiger partial charge in [0.05, 0.1) is 0 Å². The molecule has 0 bridgehead atoms. The zero-order valence-corrected chi connectivity index (χ0v) is 12.9. The summed E-state index contributed by atoms with van der Waals surface area (Å²) in [6.45, 7) is 4.37. The van der Waals surface area contributed by atoms with E-state index in [2.05, 4.69) is 86.6 Å². The van der Waals surface area contributed by atoms with E-state index < -0.39 is 0 Å². The van der Waals surface area contributed by atoms with Crippen LogP contribution in [0.4, 0.5) is 0 Å². The van der Waals surface area contributed by atoms with Gasteiger partial charge in [-0.15, -0.1) is 0 Å². The van der Waals surface area contributed by atoms with Gasteiger partial charge in [-0.2, -0.15) is 0 Å². The van der Waals surface area contributed by atoms with Crippen LogP contribution < -0.4 is 0 Å². The minimum Gasteiger partial charge on any atom is -0.0616 e. The average molecular weight is 282 g/mol. The van der Waals surface area contributed by atoms with Crippen LogP contribution in [0.3, 0.4) is 0 Å². The second kappa shape index (κ2) is 4.99. The Kier molecular flexibility index (Phi) is 2.97. The van der Waals surface area contributed by atoms with Crippen molar-refractivity contribution in [2.75, 3.05) is 0 Å². The highest BCUT2D eigenvalue weighted by Gasteiger charge is 2.07. The molecule has 0 spiro atoms. The van der Waals surface area contributed by atoms with Gasteiger partial charge in [-0.3, -0.25) is 0 Å². The standard InChI is InChI=1S/C22H18/c1-15-11-12-21(22-10-6-5-9-20(15)22)18-13-16(2)19-8-4-3-7-17(19)14-18/h3-14H,1-2H3. The minimum atomic E-state index is 1.30. The zero-order chi connectivity index (χ0) is 15.1. The first kappa shape index (κ1) is 13.1. The Morgan fingerprint density at radius 2 is 1.23 bits per heavy atom. The molecule has 0 N–H and O–H groups in total. The van der Waals surface area contributed by atoms with Crippen LogP contribution in [0.5, 0.6) is 0 Å². The summed E-state index contributed by atoms with van der Waals surface area (Å²) < 4.78 is 0. The Bertz CT molecular complexity index is 993. The van der Waals surface area contributed by atoms with E-state index in [1.54, 1.807) is 0 Å². The van der Waals surface area contributed by atoms with Crippen molar-refractivity contribution in [1.82, 2.24) is 0 Å². The topological polar surface area (TPSA) is 0 Å². The Hall–Kier alpha value is -2.60. The molecule has 0 saturated heterocycles. The maximum absolute atomic E-state index is 2.30. The molecule has 0 atom stereocenters. The molecule has 0 heteroatoms. The van der Waals surface area contributed by atoms with Crippen LogP contribution in [0, 0.1) is 13.8 Å². The van der Waals surface area contributed by atoms with Gasteiger partial charge in [-0.1, -0.05) is 66.7 Å². The van der Waals surface area contributed by atoms with E-state index >= 15 is 0 Å². The van der Waals surface area contributed by atoms with Gasteiger partial charge in [0.1, 0.15) is 0 Å². The van der Waals surface area contributed by atoms with E-state index in [1.165, 1.54) is 43.8 Å². The predicted octanol–water partition coefficient (Wildman–Crippen LogP) is 6.28. The zero-order valence-electron chi connectivity index (χ0n) is 12.9. The van der Waals surface area contributed by atoms with Crippen LogP contribution in [0.2, 0.25) is 0 Å². The number of hydrogen-bond acceptors (Lipinski definition) is 0. The van der Waals surface area contributed by atoms with E-state index in [4.69, 9.17) is 0 Å². The maximum Gasteiger partial charge on any atom is -0.0103 e. The van der Waals surface area contributed by atoms with Gasteiger partial charge in [0, 0.05) is 0 Å². The molecule has 4 rings (SSSR count). The summed E-state index contributed by atoms with van der Waals surface area (Å²) >= 11 is 0. The molecule has 0 aliphatic rings. The summed E-state index contributed by atoms with van der Waals surface area (Å²) in [5.41, 5.74) is 5.28. The van der Waals surface area contributed by atoms with Crippen molar-refractivity contribution in [3.05, 3.63) is 83.9 Å². The van der Waals surface area contributed by atoms with E-state index in [-0.39, 0.29) is 0 Å².